The molecule has 0 radical (unpaired) electrons. The maximum absolute atomic E-state index is 11.3. The number of rotatable bonds is 3. The van der Waals surface area contributed by atoms with Crippen LogP contribution in [-0.2, 0) is 0 Å². The lowest BCUT2D eigenvalue weighted by Gasteiger charge is -2.10. The molecule has 0 atom stereocenters. The molecule has 0 saturated heterocycles. The molecule has 0 bridgehead atoms. The lowest BCUT2D eigenvalue weighted by atomic mass is 10.0. The zero-order valence-corrected chi connectivity index (χ0v) is 13.3. The number of aromatic nitrogens is 1. The number of pyridine rings is 1. The summed E-state index contributed by atoms with van der Waals surface area (Å²) in [6, 6.07) is 7.47. The predicted molar refractivity (Wildman–Crippen MR) is 88.9 cm³/mol. The molecule has 2 aromatic rings. The van der Waals surface area contributed by atoms with Crippen LogP contribution >= 0.6 is 0 Å². The van der Waals surface area contributed by atoms with Crippen molar-refractivity contribution in [3.8, 4) is 11.8 Å². The van der Waals surface area contributed by atoms with E-state index in [1.165, 1.54) is 13.2 Å². The van der Waals surface area contributed by atoms with Gasteiger partial charge in [-0.1, -0.05) is 12.2 Å². The second-order valence-corrected chi connectivity index (χ2v) is 5.06. The summed E-state index contributed by atoms with van der Waals surface area (Å²) >= 11 is 0. The van der Waals surface area contributed by atoms with E-state index in [1.54, 1.807) is 12.3 Å². The van der Waals surface area contributed by atoms with Crippen molar-refractivity contribution in [2.45, 2.75) is 13.8 Å². The van der Waals surface area contributed by atoms with Crippen molar-refractivity contribution < 1.29 is 9.53 Å². The lowest BCUT2D eigenvalue weighted by Crippen LogP contribution is -2.22. The van der Waals surface area contributed by atoms with Gasteiger partial charge in [0, 0.05) is 19.4 Å². The van der Waals surface area contributed by atoms with Crippen LogP contribution in [0.3, 0.4) is 0 Å². The molecule has 2 rings (SSSR count). The Morgan fingerprint density at radius 1 is 1.22 bits per heavy atom. The highest BCUT2D eigenvalue weighted by Crippen LogP contribution is 2.24. The average molecular weight is 307 g/mol. The Labute approximate surface area is 135 Å². The molecule has 23 heavy (non-hydrogen) atoms. The molecule has 1 aromatic carbocycles. The minimum Gasteiger partial charge on any atom is -0.410 e. The van der Waals surface area contributed by atoms with Crippen LogP contribution in [0.4, 0.5) is 4.79 Å². The predicted octanol–water partition coefficient (Wildman–Crippen LogP) is 3.46. The molecular weight excluding hydrogens is 290 g/mol. The summed E-state index contributed by atoms with van der Waals surface area (Å²) in [5, 5.41) is 11.3. The van der Waals surface area contributed by atoms with Crippen molar-refractivity contribution in [1.82, 2.24) is 10.3 Å². The van der Waals surface area contributed by atoms with Crippen LogP contribution in [0.5, 0.6) is 5.75 Å². The van der Waals surface area contributed by atoms with Crippen LogP contribution in [0, 0.1) is 25.2 Å². The third kappa shape index (κ3) is 4.17. The Balaban J connectivity index is 2.28. The average Bonchev–Trinajstić information content (AvgIpc) is 2.54. The molecule has 0 fully saturated rings. The van der Waals surface area contributed by atoms with Gasteiger partial charge in [-0.3, -0.25) is 4.98 Å². The number of nitriles is 1. The van der Waals surface area contributed by atoms with Gasteiger partial charge in [0.15, 0.2) is 0 Å². The first kappa shape index (κ1) is 16.2. The first-order chi connectivity index (χ1) is 11.0. The van der Waals surface area contributed by atoms with E-state index in [-0.39, 0.29) is 0 Å². The van der Waals surface area contributed by atoms with Gasteiger partial charge >= 0.3 is 6.09 Å². The number of hydrogen-bond acceptors (Lipinski definition) is 4. The van der Waals surface area contributed by atoms with Gasteiger partial charge in [-0.05, 0) is 54.3 Å². The highest BCUT2D eigenvalue weighted by Gasteiger charge is 2.07. The third-order valence-electron chi connectivity index (χ3n) is 3.31. The van der Waals surface area contributed by atoms with E-state index in [2.05, 4.69) is 16.4 Å². The number of nitrogens with zero attached hydrogens (tertiary/aromatic N) is 2. The molecule has 0 aliphatic rings. The van der Waals surface area contributed by atoms with Gasteiger partial charge in [-0.15, -0.1) is 0 Å². The molecule has 0 aliphatic heterocycles. The third-order valence-corrected chi connectivity index (χ3v) is 3.31. The topological polar surface area (TPSA) is 75.0 Å². The summed E-state index contributed by atoms with van der Waals surface area (Å²) in [5.74, 6) is 0.504. The molecular formula is C18H17N3O2. The van der Waals surface area contributed by atoms with Crippen LogP contribution in [-0.4, -0.2) is 18.1 Å². The molecule has 5 heteroatoms. The van der Waals surface area contributed by atoms with Crippen LogP contribution < -0.4 is 10.1 Å². The SMILES string of the molecule is CNC(=O)Oc1cc(C)c(/C=C/c2cncc(C#N)c2)c(C)c1. The minimum atomic E-state index is -0.494. The summed E-state index contributed by atoms with van der Waals surface area (Å²) < 4.78 is 5.15. The molecule has 1 amide bonds. The standard InChI is InChI=1S/C18H17N3O2/c1-12-6-16(23-18(22)20-3)7-13(2)17(12)5-4-14-8-15(9-19)11-21-10-14/h4-8,10-11H,1-3H3,(H,20,22)/b5-4+. The number of benzene rings is 1. The fourth-order valence-corrected chi connectivity index (χ4v) is 2.20. The molecule has 1 aromatic heterocycles. The summed E-state index contributed by atoms with van der Waals surface area (Å²) in [7, 11) is 1.52. The van der Waals surface area contributed by atoms with Crippen LogP contribution in [0.15, 0.2) is 30.6 Å². The molecule has 1 heterocycles. The second kappa shape index (κ2) is 7.23. The molecule has 0 saturated carbocycles. The Morgan fingerprint density at radius 3 is 2.52 bits per heavy atom. The van der Waals surface area contributed by atoms with Crippen molar-refractivity contribution in [1.29, 1.82) is 5.26 Å². The Morgan fingerprint density at radius 2 is 1.91 bits per heavy atom. The Hall–Kier alpha value is -3.13. The lowest BCUT2D eigenvalue weighted by molar-refractivity contribution is 0.203. The largest absolute Gasteiger partial charge is 0.412 e. The van der Waals surface area contributed by atoms with Gasteiger partial charge in [0.25, 0.3) is 0 Å². The monoisotopic (exact) mass is 307 g/mol. The number of carbonyl (C=O) groups excluding carboxylic acids is 1. The van der Waals surface area contributed by atoms with Crippen molar-refractivity contribution >= 4 is 18.2 Å². The van der Waals surface area contributed by atoms with Gasteiger partial charge in [-0.2, -0.15) is 5.26 Å². The van der Waals surface area contributed by atoms with E-state index in [0.717, 1.165) is 22.3 Å². The van der Waals surface area contributed by atoms with Crippen LogP contribution in [0.25, 0.3) is 12.2 Å². The summed E-state index contributed by atoms with van der Waals surface area (Å²) in [5.41, 5.74) is 4.40. The number of amides is 1. The Bertz CT molecular complexity index is 781. The van der Waals surface area contributed by atoms with E-state index < -0.39 is 6.09 Å². The maximum Gasteiger partial charge on any atom is 0.412 e. The maximum atomic E-state index is 11.3. The van der Waals surface area contributed by atoms with Crippen LogP contribution in [0.1, 0.15) is 27.8 Å². The molecule has 116 valence electrons. The highest BCUT2D eigenvalue weighted by molar-refractivity contribution is 5.74. The van der Waals surface area contributed by atoms with Gasteiger partial charge < -0.3 is 10.1 Å². The van der Waals surface area contributed by atoms with Crippen molar-refractivity contribution in [2.75, 3.05) is 7.05 Å². The van der Waals surface area contributed by atoms with Gasteiger partial charge in [-0.25, -0.2) is 4.79 Å². The van der Waals surface area contributed by atoms with E-state index in [4.69, 9.17) is 10.00 Å². The number of hydrogen-bond donors (Lipinski definition) is 1. The van der Waals surface area contributed by atoms with Crippen molar-refractivity contribution in [3.05, 3.63) is 58.4 Å². The van der Waals surface area contributed by atoms with E-state index in [0.29, 0.717) is 11.3 Å². The normalized spacial score (nSPS) is 10.3. The fourth-order valence-electron chi connectivity index (χ4n) is 2.20. The molecule has 0 spiro atoms. The number of carbonyl (C=O) groups is 1. The second-order valence-electron chi connectivity index (χ2n) is 5.06. The van der Waals surface area contributed by atoms with Gasteiger partial charge in [0.1, 0.15) is 11.8 Å². The van der Waals surface area contributed by atoms with Crippen LogP contribution in [0.2, 0.25) is 0 Å². The number of aryl methyl sites for hydroxylation is 2. The van der Waals surface area contributed by atoms with E-state index in [9.17, 15) is 4.79 Å². The van der Waals surface area contributed by atoms with Gasteiger partial charge in [0.05, 0.1) is 5.56 Å². The quantitative estimate of drug-likeness (QED) is 0.942. The molecule has 0 aliphatic carbocycles. The zero-order valence-electron chi connectivity index (χ0n) is 13.3. The molecule has 5 nitrogen and oxygen atoms in total. The first-order valence-corrected chi connectivity index (χ1v) is 7.07. The summed E-state index contributed by atoms with van der Waals surface area (Å²) in [4.78, 5) is 15.3. The van der Waals surface area contributed by atoms with Crippen molar-refractivity contribution in [2.24, 2.45) is 0 Å². The summed E-state index contributed by atoms with van der Waals surface area (Å²) in [6.07, 6.45) is 6.60. The highest BCUT2D eigenvalue weighted by atomic mass is 16.5. The smallest absolute Gasteiger partial charge is 0.410 e. The summed E-state index contributed by atoms with van der Waals surface area (Å²) in [6.45, 7) is 3.90. The zero-order chi connectivity index (χ0) is 16.8. The Kier molecular flexibility index (Phi) is 5.11. The van der Waals surface area contributed by atoms with Gasteiger partial charge in [0.2, 0.25) is 0 Å². The van der Waals surface area contributed by atoms with Crippen molar-refractivity contribution in [3.63, 3.8) is 0 Å². The fraction of sp³-hybridized carbons (Fsp3) is 0.167. The van der Waals surface area contributed by atoms with E-state index >= 15 is 0 Å². The number of nitrogens with one attached hydrogen (secondary N) is 1. The van der Waals surface area contributed by atoms with E-state index in [1.807, 2.05) is 38.1 Å². The number of ether oxygens (including phenoxy) is 1. The minimum absolute atomic E-state index is 0.494. The first-order valence-electron chi connectivity index (χ1n) is 7.07. The molecule has 0 unspecified atom stereocenters. The molecule has 1 N–H and O–H groups in total.